The summed E-state index contributed by atoms with van der Waals surface area (Å²) in [5.74, 6) is 0.870. The maximum atomic E-state index is 12.2. The molecule has 130 valence electrons. The molecular formula is C19H22N4O2. The molecule has 0 unspecified atom stereocenters. The Kier molecular flexibility index (Phi) is 4.97. The predicted molar refractivity (Wildman–Crippen MR) is 97.5 cm³/mol. The lowest BCUT2D eigenvalue weighted by Gasteiger charge is -2.11. The van der Waals surface area contributed by atoms with Gasteiger partial charge in [0.1, 0.15) is 5.82 Å². The van der Waals surface area contributed by atoms with E-state index in [1.54, 1.807) is 12.3 Å². The van der Waals surface area contributed by atoms with Crippen molar-refractivity contribution in [2.24, 2.45) is 5.92 Å². The van der Waals surface area contributed by atoms with Gasteiger partial charge in [0.15, 0.2) is 0 Å². The van der Waals surface area contributed by atoms with Gasteiger partial charge in [0.25, 0.3) is 5.91 Å². The molecule has 0 saturated heterocycles. The lowest BCUT2D eigenvalue weighted by atomic mass is 10.2. The van der Waals surface area contributed by atoms with Gasteiger partial charge in [0, 0.05) is 38.4 Å². The fraction of sp³-hybridized carbons (Fsp3) is 0.316. The average Bonchev–Trinajstić information content (AvgIpc) is 3.45. The Balaban J connectivity index is 1.57. The number of rotatable bonds is 6. The lowest BCUT2D eigenvalue weighted by molar-refractivity contribution is -0.117. The quantitative estimate of drug-likeness (QED) is 0.848. The molecule has 25 heavy (non-hydrogen) atoms. The number of nitrogens with one attached hydrogen (secondary N) is 2. The number of benzene rings is 1. The minimum absolute atomic E-state index is 0.0771. The molecule has 1 aromatic heterocycles. The molecule has 1 aliphatic rings. The minimum atomic E-state index is -0.176. The second-order valence-electron chi connectivity index (χ2n) is 6.45. The van der Waals surface area contributed by atoms with E-state index in [0.29, 0.717) is 12.1 Å². The van der Waals surface area contributed by atoms with Crippen molar-refractivity contribution in [1.29, 1.82) is 0 Å². The highest BCUT2D eigenvalue weighted by atomic mass is 16.2. The lowest BCUT2D eigenvalue weighted by Crippen LogP contribution is -2.23. The Hall–Kier alpha value is -2.89. The average molecular weight is 338 g/mol. The SMILES string of the molecule is CN(C)c1ccc(C(=O)NCc2cccc(NC(=O)C3CC3)c2)cn1. The second kappa shape index (κ2) is 7.34. The molecule has 0 bridgehead atoms. The first kappa shape index (κ1) is 17.0. The molecule has 1 aliphatic carbocycles. The van der Waals surface area contributed by atoms with Crippen LogP contribution in [0.25, 0.3) is 0 Å². The van der Waals surface area contributed by atoms with Crippen LogP contribution in [-0.4, -0.2) is 30.9 Å². The van der Waals surface area contributed by atoms with Crippen molar-refractivity contribution in [2.45, 2.75) is 19.4 Å². The highest BCUT2D eigenvalue weighted by molar-refractivity contribution is 5.94. The van der Waals surface area contributed by atoms with Crippen molar-refractivity contribution < 1.29 is 9.59 Å². The number of hydrogen-bond acceptors (Lipinski definition) is 4. The molecule has 2 aromatic rings. The summed E-state index contributed by atoms with van der Waals surface area (Å²) in [5.41, 5.74) is 2.21. The van der Waals surface area contributed by atoms with E-state index in [-0.39, 0.29) is 17.7 Å². The number of carbonyl (C=O) groups is 2. The fourth-order valence-corrected chi connectivity index (χ4v) is 2.42. The van der Waals surface area contributed by atoms with Gasteiger partial charge in [-0.1, -0.05) is 12.1 Å². The largest absolute Gasteiger partial charge is 0.363 e. The number of amides is 2. The molecule has 0 aliphatic heterocycles. The molecule has 6 heteroatoms. The maximum absolute atomic E-state index is 12.2. The van der Waals surface area contributed by atoms with E-state index in [0.717, 1.165) is 29.9 Å². The molecule has 0 radical (unpaired) electrons. The number of nitrogens with zero attached hydrogens (tertiary/aromatic N) is 2. The predicted octanol–water partition coefficient (Wildman–Crippen LogP) is 2.43. The zero-order valence-corrected chi connectivity index (χ0v) is 14.5. The first-order valence-electron chi connectivity index (χ1n) is 8.34. The molecule has 1 saturated carbocycles. The normalized spacial score (nSPS) is 13.2. The van der Waals surface area contributed by atoms with E-state index in [2.05, 4.69) is 15.6 Å². The van der Waals surface area contributed by atoms with Gasteiger partial charge in [-0.05, 0) is 42.7 Å². The van der Waals surface area contributed by atoms with Crippen LogP contribution in [0.15, 0.2) is 42.6 Å². The number of carbonyl (C=O) groups excluding carboxylic acids is 2. The van der Waals surface area contributed by atoms with Gasteiger partial charge >= 0.3 is 0 Å². The zero-order valence-electron chi connectivity index (χ0n) is 14.5. The van der Waals surface area contributed by atoms with Crippen molar-refractivity contribution in [3.05, 3.63) is 53.7 Å². The smallest absolute Gasteiger partial charge is 0.253 e. The van der Waals surface area contributed by atoms with Crippen molar-refractivity contribution in [2.75, 3.05) is 24.3 Å². The number of pyridine rings is 1. The monoisotopic (exact) mass is 338 g/mol. The van der Waals surface area contributed by atoms with Gasteiger partial charge < -0.3 is 15.5 Å². The highest BCUT2D eigenvalue weighted by Gasteiger charge is 2.29. The summed E-state index contributed by atoms with van der Waals surface area (Å²) in [6.45, 7) is 0.390. The molecule has 0 spiro atoms. The minimum Gasteiger partial charge on any atom is -0.363 e. The van der Waals surface area contributed by atoms with Gasteiger partial charge in [-0.2, -0.15) is 0 Å². The Bertz CT molecular complexity index is 767. The van der Waals surface area contributed by atoms with Crippen molar-refractivity contribution in [3.8, 4) is 0 Å². The summed E-state index contributed by atoms with van der Waals surface area (Å²) in [5, 5.41) is 5.79. The third-order valence-corrected chi connectivity index (χ3v) is 4.06. The van der Waals surface area contributed by atoms with E-state index in [9.17, 15) is 9.59 Å². The van der Waals surface area contributed by atoms with Crippen LogP contribution in [0.4, 0.5) is 11.5 Å². The third kappa shape index (κ3) is 4.56. The van der Waals surface area contributed by atoms with Crippen molar-refractivity contribution in [3.63, 3.8) is 0 Å². The Morgan fingerprint density at radius 1 is 1.20 bits per heavy atom. The van der Waals surface area contributed by atoms with Crippen LogP contribution in [0.5, 0.6) is 0 Å². The molecule has 2 amide bonds. The van der Waals surface area contributed by atoms with E-state index < -0.39 is 0 Å². The van der Waals surface area contributed by atoms with Gasteiger partial charge in [-0.25, -0.2) is 4.98 Å². The summed E-state index contributed by atoms with van der Waals surface area (Å²) in [4.78, 5) is 30.2. The standard InChI is InChI=1S/C19H22N4O2/c1-23(2)17-9-8-15(12-20-17)18(24)21-11-13-4-3-5-16(10-13)22-19(25)14-6-7-14/h3-5,8-10,12,14H,6-7,11H2,1-2H3,(H,21,24)(H,22,25). The Labute approximate surface area is 147 Å². The zero-order chi connectivity index (χ0) is 17.8. The van der Waals surface area contributed by atoms with Crippen LogP contribution in [0.3, 0.4) is 0 Å². The molecule has 1 aromatic carbocycles. The highest BCUT2D eigenvalue weighted by Crippen LogP contribution is 2.30. The van der Waals surface area contributed by atoms with Crippen LogP contribution in [0.1, 0.15) is 28.8 Å². The number of hydrogen-bond donors (Lipinski definition) is 2. The molecular weight excluding hydrogens is 316 g/mol. The Morgan fingerprint density at radius 3 is 2.64 bits per heavy atom. The summed E-state index contributed by atoms with van der Waals surface area (Å²) in [7, 11) is 3.80. The van der Waals surface area contributed by atoms with Crippen LogP contribution < -0.4 is 15.5 Å². The summed E-state index contributed by atoms with van der Waals surface area (Å²) >= 11 is 0. The van der Waals surface area contributed by atoms with E-state index in [4.69, 9.17) is 0 Å². The molecule has 1 fully saturated rings. The molecule has 3 rings (SSSR count). The topological polar surface area (TPSA) is 74.3 Å². The van der Waals surface area contributed by atoms with Crippen LogP contribution in [0.2, 0.25) is 0 Å². The van der Waals surface area contributed by atoms with E-state index in [1.807, 2.05) is 49.3 Å². The molecule has 6 nitrogen and oxygen atoms in total. The van der Waals surface area contributed by atoms with Crippen molar-refractivity contribution >= 4 is 23.3 Å². The summed E-state index contributed by atoms with van der Waals surface area (Å²) < 4.78 is 0. The number of aromatic nitrogens is 1. The first-order valence-corrected chi connectivity index (χ1v) is 8.34. The van der Waals surface area contributed by atoms with Crippen LogP contribution >= 0.6 is 0 Å². The van der Waals surface area contributed by atoms with Gasteiger partial charge in [0.05, 0.1) is 5.56 Å². The molecule has 1 heterocycles. The second-order valence-corrected chi connectivity index (χ2v) is 6.45. The maximum Gasteiger partial charge on any atom is 0.253 e. The van der Waals surface area contributed by atoms with Crippen molar-refractivity contribution in [1.82, 2.24) is 10.3 Å². The summed E-state index contributed by atoms with van der Waals surface area (Å²) in [6.07, 6.45) is 3.52. The van der Waals surface area contributed by atoms with Gasteiger partial charge in [0.2, 0.25) is 5.91 Å². The van der Waals surface area contributed by atoms with E-state index in [1.165, 1.54) is 0 Å². The van der Waals surface area contributed by atoms with Gasteiger partial charge in [-0.15, -0.1) is 0 Å². The third-order valence-electron chi connectivity index (χ3n) is 4.06. The van der Waals surface area contributed by atoms with Crippen LogP contribution in [0, 0.1) is 5.92 Å². The number of anilines is 2. The van der Waals surface area contributed by atoms with Gasteiger partial charge in [-0.3, -0.25) is 9.59 Å². The molecule has 2 N–H and O–H groups in total. The fourth-order valence-electron chi connectivity index (χ4n) is 2.42. The first-order chi connectivity index (χ1) is 12.0. The summed E-state index contributed by atoms with van der Waals surface area (Å²) in [6, 6.07) is 11.1. The Morgan fingerprint density at radius 2 is 2.00 bits per heavy atom. The molecule has 0 atom stereocenters. The van der Waals surface area contributed by atoms with E-state index >= 15 is 0 Å². The van der Waals surface area contributed by atoms with Crippen LogP contribution in [-0.2, 0) is 11.3 Å².